The maximum Gasteiger partial charge on any atom is 0.279 e. The Morgan fingerprint density at radius 3 is 2.85 bits per heavy atom. The molecule has 20 heavy (non-hydrogen) atoms. The zero-order valence-corrected chi connectivity index (χ0v) is 13.5. The molecule has 2 fully saturated rings. The number of nitrogens with one attached hydrogen (secondary N) is 2. The Morgan fingerprint density at radius 1 is 1.30 bits per heavy atom. The van der Waals surface area contributed by atoms with Crippen molar-refractivity contribution in [3.8, 4) is 0 Å². The van der Waals surface area contributed by atoms with Crippen LogP contribution < -0.4 is 10.0 Å². The molecule has 2 saturated heterocycles. The van der Waals surface area contributed by atoms with E-state index in [4.69, 9.17) is 0 Å². The van der Waals surface area contributed by atoms with Gasteiger partial charge in [-0.2, -0.15) is 17.4 Å². The number of nitrogens with zero attached hydrogens (tertiary/aromatic N) is 2. The van der Waals surface area contributed by atoms with Crippen LogP contribution in [-0.4, -0.2) is 70.0 Å². The lowest BCUT2D eigenvalue weighted by atomic mass is 9.99. The second-order valence-electron chi connectivity index (χ2n) is 5.95. The van der Waals surface area contributed by atoms with Crippen LogP contribution in [0, 0.1) is 0 Å². The Kier molecular flexibility index (Phi) is 5.80. The van der Waals surface area contributed by atoms with Gasteiger partial charge < -0.3 is 10.2 Å². The molecule has 7 heteroatoms. The summed E-state index contributed by atoms with van der Waals surface area (Å²) in [5, 5.41) is 3.03. The molecule has 0 spiro atoms. The molecule has 0 aliphatic carbocycles. The molecule has 2 aliphatic rings. The van der Waals surface area contributed by atoms with Crippen molar-refractivity contribution in [3.63, 3.8) is 0 Å². The highest BCUT2D eigenvalue weighted by Crippen LogP contribution is 2.27. The van der Waals surface area contributed by atoms with Gasteiger partial charge in [0, 0.05) is 25.7 Å². The molecule has 0 bridgehead atoms. The second kappa shape index (κ2) is 7.17. The molecule has 2 atom stereocenters. The molecular formula is C13H28N4O2S. The monoisotopic (exact) mass is 304 g/mol. The lowest BCUT2D eigenvalue weighted by Gasteiger charge is -2.35. The van der Waals surface area contributed by atoms with E-state index < -0.39 is 10.2 Å². The van der Waals surface area contributed by atoms with Gasteiger partial charge in [0.05, 0.1) is 0 Å². The summed E-state index contributed by atoms with van der Waals surface area (Å²) in [5.41, 5.74) is 0. The van der Waals surface area contributed by atoms with E-state index in [0.29, 0.717) is 12.6 Å². The Morgan fingerprint density at radius 2 is 2.10 bits per heavy atom. The Balaban J connectivity index is 1.81. The highest BCUT2D eigenvalue weighted by molar-refractivity contribution is 7.87. The van der Waals surface area contributed by atoms with Gasteiger partial charge >= 0.3 is 0 Å². The summed E-state index contributed by atoms with van der Waals surface area (Å²) < 4.78 is 28.9. The standard InChI is InChI=1S/C13H28N4O2S/c1-14-7-4-8-16(2)20(18,19)15-12-6-10-17-9-3-5-13(17)11-12/h12-15H,3-11H2,1-2H3. The van der Waals surface area contributed by atoms with E-state index in [9.17, 15) is 8.42 Å². The van der Waals surface area contributed by atoms with E-state index >= 15 is 0 Å². The fraction of sp³-hybridized carbons (Fsp3) is 1.00. The summed E-state index contributed by atoms with van der Waals surface area (Å²) in [5.74, 6) is 0. The lowest BCUT2D eigenvalue weighted by Crippen LogP contribution is -2.50. The molecule has 2 heterocycles. The average molecular weight is 304 g/mol. The largest absolute Gasteiger partial charge is 0.320 e. The Hall–Kier alpha value is -0.210. The Bertz CT molecular complexity index is 401. The minimum Gasteiger partial charge on any atom is -0.320 e. The van der Waals surface area contributed by atoms with Gasteiger partial charge in [-0.15, -0.1) is 0 Å². The van der Waals surface area contributed by atoms with Crippen LogP contribution in [0.15, 0.2) is 0 Å². The van der Waals surface area contributed by atoms with Crippen LogP contribution in [-0.2, 0) is 10.2 Å². The topological polar surface area (TPSA) is 64.7 Å². The smallest absolute Gasteiger partial charge is 0.279 e. The van der Waals surface area contributed by atoms with E-state index in [0.717, 1.165) is 32.4 Å². The van der Waals surface area contributed by atoms with Gasteiger partial charge in [-0.3, -0.25) is 0 Å². The van der Waals surface area contributed by atoms with E-state index in [1.165, 1.54) is 23.7 Å². The molecule has 0 radical (unpaired) electrons. The predicted molar refractivity (Wildman–Crippen MR) is 80.8 cm³/mol. The van der Waals surface area contributed by atoms with Gasteiger partial charge in [0.2, 0.25) is 0 Å². The number of fused-ring (bicyclic) bond motifs is 1. The zero-order chi connectivity index (χ0) is 14.6. The molecule has 2 N–H and O–H groups in total. The average Bonchev–Trinajstić information content (AvgIpc) is 2.85. The minimum atomic E-state index is -3.33. The van der Waals surface area contributed by atoms with Crippen molar-refractivity contribution in [2.45, 2.75) is 44.2 Å². The van der Waals surface area contributed by atoms with E-state index in [-0.39, 0.29) is 6.04 Å². The minimum absolute atomic E-state index is 0.103. The SMILES string of the molecule is CNCCCN(C)S(=O)(=O)NC1CCN2CCCC2C1. The first kappa shape index (κ1) is 16.2. The van der Waals surface area contributed by atoms with Crippen LogP contribution in [0.5, 0.6) is 0 Å². The third kappa shape index (κ3) is 4.14. The molecule has 2 rings (SSSR count). The van der Waals surface area contributed by atoms with Crippen molar-refractivity contribution in [1.82, 2.24) is 19.2 Å². The second-order valence-corrected chi connectivity index (χ2v) is 7.76. The first-order valence-electron chi connectivity index (χ1n) is 7.65. The molecule has 0 aromatic rings. The van der Waals surface area contributed by atoms with Crippen molar-refractivity contribution in [2.24, 2.45) is 0 Å². The van der Waals surface area contributed by atoms with Crippen molar-refractivity contribution in [2.75, 3.05) is 40.3 Å². The summed E-state index contributed by atoms with van der Waals surface area (Å²) in [7, 11) is 0.201. The fourth-order valence-electron chi connectivity index (χ4n) is 3.23. The molecule has 2 unspecified atom stereocenters. The first-order chi connectivity index (χ1) is 9.53. The van der Waals surface area contributed by atoms with Gasteiger partial charge in [0.25, 0.3) is 10.2 Å². The van der Waals surface area contributed by atoms with Crippen LogP contribution in [0.1, 0.15) is 32.1 Å². The highest BCUT2D eigenvalue weighted by Gasteiger charge is 2.33. The molecule has 6 nitrogen and oxygen atoms in total. The third-order valence-electron chi connectivity index (χ3n) is 4.45. The molecule has 0 amide bonds. The van der Waals surface area contributed by atoms with E-state index in [1.807, 2.05) is 7.05 Å². The van der Waals surface area contributed by atoms with Crippen molar-refractivity contribution < 1.29 is 8.42 Å². The van der Waals surface area contributed by atoms with Crippen LogP contribution in [0.25, 0.3) is 0 Å². The summed E-state index contributed by atoms with van der Waals surface area (Å²) >= 11 is 0. The summed E-state index contributed by atoms with van der Waals surface area (Å²) in [6, 6.07) is 0.692. The zero-order valence-electron chi connectivity index (χ0n) is 12.6. The van der Waals surface area contributed by atoms with Crippen LogP contribution >= 0.6 is 0 Å². The van der Waals surface area contributed by atoms with E-state index in [1.54, 1.807) is 7.05 Å². The van der Waals surface area contributed by atoms with Gasteiger partial charge in [-0.1, -0.05) is 0 Å². The number of rotatable bonds is 7. The molecule has 0 aromatic heterocycles. The van der Waals surface area contributed by atoms with Gasteiger partial charge in [-0.05, 0) is 58.8 Å². The quantitative estimate of drug-likeness (QED) is 0.649. The van der Waals surface area contributed by atoms with Gasteiger partial charge in [0.15, 0.2) is 0 Å². The first-order valence-corrected chi connectivity index (χ1v) is 9.09. The summed E-state index contributed by atoms with van der Waals surface area (Å²) in [4.78, 5) is 2.50. The number of hydrogen-bond donors (Lipinski definition) is 2. The summed E-state index contributed by atoms with van der Waals surface area (Å²) in [6.07, 6.45) is 5.20. The van der Waals surface area contributed by atoms with Gasteiger partial charge in [0.1, 0.15) is 0 Å². The predicted octanol–water partition coefficient (Wildman–Crippen LogP) is -0.0111. The Labute approximate surface area is 123 Å². The molecule has 0 saturated carbocycles. The highest BCUT2D eigenvalue weighted by atomic mass is 32.2. The van der Waals surface area contributed by atoms with Gasteiger partial charge in [-0.25, -0.2) is 0 Å². The van der Waals surface area contributed by atoms with E-state index in [2.05, 4.69) is 14.9 Å². The maximum absolute atomic E-state index is 12.3. The molecule has 118 valence electrons. The van der Waals surface area contributed by atoms with Crippen LogP contribution in [0.4, 0.5) is 0 Å². The van der Waals surface area contributed by atoms with Crippen molar-refractivity contribution in [3.05, 3.63) is 0 Å². The lowest BCUT2D eigenvalue weighted by molar-refractivity contribution is 0.175. The summed E-state index contributed by atoms with van der Waals surface area (Å²) in [6.45, 7) is 3.61. The maximum atomic E-state index is 12.3. The van der Waals surface area contributed by atoms with Crippen LogP contribution in [0.2, 0.25) is 0 Å². The number of piperidine rings is 1. The molecule has 2 aliphatic heterocycles. The molecular weight excluding hydrogens is 276 g/mol. The normalized spacial score (nSPS) is 27.9. The van der Waals surface area contributed by atoms with Crippen molar-refractivity contribution >= 4 is 10.2 Å². The van der Waals surface area contributed by atoms with Crippen LogP contribution in [0.3, 0.4) is 0 Å². The number of hydrogen-bond acceptors (Lipinski definition) is 4. The third-order valence-corrected chi connectivity index (χ3v) is 6.08. The molecule has 0 aromatic carbocycles. The fourth-order valence-corrected chi connectivity index (χ4v) is 4.42. The van der Waals surface area contributed by atoms with Crippen molar-refractivity contribution in [1.29, 1.82) is 0 Å².